The van der Waals surface area contributed by atoms with Gasteiger partial charge in [-0.05, 0) is 60.9 Å². The lowest BCUT2D eigenvalue weighted by Crippen LogP contribution is -2.10. The van der Waals surface area contributed by atoms with Gasteiger partial charge in [-0.1, -0.05) is 45.0 Å². The Balaban J connectivity index is 1.80. The summed E-state index contributed by atoms with van der Waals surface area (Å²) in [4.78, 5) is 8.82. The van der Waals surface area contributed by atoms with Crippen LogP contribution in [0.1, 0.15) is 48.6 Å². The third kappa shape index (κ3) is 3.15. The minimum atomic E-state index is -2.55. The summed E-state index contributed by atoms with van der Waals surface area (Å²) in [6.45, 7) is 0.256. The molecule has 0 N–H and O–H groups in total. The van der Waals surface area contributed by atoms with E-state index < -0.39 is 25.5 Å². The molecular formula is C27H26N2O. The summed E-state index contributed by atoms with van der Waals surface area (Å²) in [5, 5.41) is 2.23. The molecular weight excluding hydrogens is 368 g/mol. The topological polar surface area (TPSA) is 38.9 Å². The van der Waals surface area contributed by atoms with E-state index in [2.05, 4.69) is 9.97 Å². The molecule has 3 heteroatoms. The van der Waals surface area contributed by atoms with Crippen LogP contribution in [-0.2, 0) is 6.37 Å². The van der Waals surface area contributed by atoms with Crippen molar-refractivity contribution in [2.45, 2.75) is 40.8 Å². The number of hydrogen-bond donors (Lipinski definition) is 0. The monoisotopic (exact) mass is 402 g/mol. The molecule has 2 aromatic carbocycles. The van der Waals surface area contributed by atoms with Crippen molar-refractivity contribution in [3.63, 3.8) is 0 Å². The van der Waals surface area contributed by atoms with Crippen LogP contribution in [0.5, 0.6) is 0 Å². The smallest absolute Gasteiger partial charge is 0.161 e. The van der Waals surface area contributed by atoms with Crippen LogP contribution in [0.3, 0.4) is 0 Å². The predicted molar refractivity (Wildman–Crippen MR) is 125 cm³/mol. The molecule has 0 aliphatic heterocycles. The highest BCUT2D eigenvalue weighted by Gasteiger charge is 2.18. The minimum Gasteiger partial charge on any atom is -0.453 e. The summed E-state index contributed by atoms with van der Waals surface area (Å²) in [5.74, 6) is 0. The first-order valence-electron chi connectivity index (χ1n) is 13.8. The molecule has 0 radical (unpaired) electrons. The summed E-state index contributed by atoms with van der Waals surface area (Å²) >= 11 is 0. The Labute approximate surface area is 188 Å². The molecule has 0 saturated carbocycles. The number of furan rings is 1. The van der Waals surface area contributed by atoms with Crippen LogP contribution in [-0.4, -0.2) is 9.97 Å². The van der Waals surface area contributed by atoms with Gasteiger partial charge < -0.3 is 4.42 Å². The number of fused-ring (bicyclic) bond motifs is 5. The van der Waals surface area contributed by atoms with Gasteiger partial charge in [-0.25, -0.2) is 4.98 Å². The fourth-order valence-electron chi connectivity index (χ4n) is 3.75. The Morgan fingerprint density at radius 2 is 1.83 bits per heavy atom. The highest BCUT2D eigenvalue weighted by Crippen LogP contribution is 2.38. The van der Waals surface area contributed by atoms with Crippen molar-refractivity contribution >= 4 is 32.8 Å². The highest BCUT2D eigenvalue weighted by atomic mass is 16.3. The van der Waals surface area contributed by atoms with Crippen LogP contribution in [0, 0.1) is 19.1 Å². The molecule has 0 saturated heterocycles. The second-order valence-electron chi connectivity index (χ2n) is 8.48. The van der Waals surface area contributed by atoms with Gasteiger partial charge in [0.25, 0.3) is 0 Å². The van der Waals surface area contributed by atoms with Gasteiger partial charge in [0.15, 0.2) is 5.58 Å². The lowest BCUT2D eigenvalue weighted by atomic mass is 9.86. The summed E-state index contributed by atoms with van der Waals surface area (Å²) in [6.07, 6.45) is -0.746. The number of para-hydroxylation sites is 1. The number of aromatic nitrogens is 2. The molecule has 0 atom stereocenters. The normalized spacial score (nSPS) is 17.6. The molecule has 5 aromatic rings. The van der Waals surface area contributed by atoms with E-state index in [1.165, 1.54) is 18.3 Å². The van der Waals surface area contributed by atoms with Crippen LogP contribution in [0.2, 0.25) is 0 Å². The van der Waals surface area contributed by atoms with Crippen LogP contribution in [0.15, 0.2) is 59.1 Å². The van der Waals surface area contributed by atoms with Crippen molar-refractivity contribution < 1.29 is 15.4 Å². The molecule has 0 spiro atoms. The fraction of sp³-hybridized carbons (Fsp3) is 0.259. The molecule has 30 heavy (non-hydrogen) atoms. The standard InChI is InChI=1S/C27H26N2O/c1-16-15-28-23(13-19(16)14-27(3,4)5)22-8-6-7-20-21-12-11-18-10-9-17(2)29-24(18)26(21)30-25(20)22/h6-13,15H,14H2,1-5H3/i1D3,2D3,14D2. The molecule has 0 aliphatic carbocycles. The van der Waals surface area contributed by atoms with Gasteiger partial charge in [-0.3, -0.25) is 4.98 Å². The van der Waals surface area contributed by atoms with Crippen molar-refractivity contribution in [2.75, 3.05) is 0 Å². The van der Waals surface area contributed by atoms with E-state index in [-0.39, 0.29) is 16.8 Å². The zero-order valence-electron chi connectivity index (χ0n) is 25.0. The molecule has 0 bridgehead atoms. The first kappa shape index (κ1) is 11.8. The first-order chi connectivity index (χ1) is 17.5. The second kappa shape index (κ2) is 6.66. The van der Waals surface area contributed by atoms with Crippen molar-refractivity contribution in [2.24, 2.45) is 5.41 Å². The molecule has 0 aliphatic rings. The van der Waals surface area contributed by atoms with Crippen molar-refractivity contribution in [1.82, 2.24) is 9.97 Å². The summed E-state index contributed by atoms with van der Waals surface area (Å²) < 4.78 is 71.1. The maximum Gasteiger partial charge on any atom is 0.161 e. The third-order valence-electron chi connectivity index (χ3n) is 5.01. The van der Waals surface area contributed by atoms with E-state index in [0.717, 1.165) is 16.2 Å². The largest absolute Gasteiger partial charge is 0.453 e. The van der Waals surface area contributed by atoms with Gasteiger partial charge in [-0.15, -0.1) is 0 Å². The number of rotatable bonds is 2. The maximum absolute atomic E-state index is 8.82. The van der Waals surface area contributed by atoms with E-state index in [0.29, 0.717) is 27.9 Å². The molecule has 0 fully saturated rings. The van der Waals surface area contributed by atoms with Crippen molar-refractivity contribution in [3.05, 3.63) is 71.5 Å². The van der Waals surface area contributed by atoms with Crippen LogP contribution >= 0.6 is 0 Å². The van der Waals surface area contributed by atoms with Crippen molar-refractivity contribution in [1.29, 1.82) is 0 Å². The minimum absolute atomic E-state index is 0.0332. The lowest BCUT2D eigenvalue weighted by molar-refractivity contribution is 0.410. The Hall–Kier alpha value is -3.20. The Morgan fingerprint density at radius 1 is 1.00 bits per heavy atom. The average molecular weight is 403 g/mol. The zero-order valence-corrected chi connectivity index (χ0v) is 17.0. The first-order valence-corrected chi connectivity index (χ1v) is 9.77. The van der Waals surface area contributed by atoms with E-state index in [4.69, 9.17) is 15.4 Å². The SMILES string of the molecule is [2H]C([2H])([2H])c1ccc2ccc3c4cccc(-c5cc(C([2H])([2H])C(C)(C)C)c(C([2H])([2H])[2H])cn5)c4oc3c2n1. The zero-order chi connectivity index (χ0) is 27.8. The van der Waals surface area contributed by atoms with Gasteiger partial charge in [0.1, 0.15) is 11.1 Å². The maximum atomic E-state index is 8.82. The molecule has 5 rings (SSSR count). The van der Waals surface area contributed by atoms with Gasteiger partial charge in [0.2, 0.25) is 0 Å². The van der Waals surface area contributed by atoms with Gasteiger partial charge >= 0.3 is 0 Å². The summed E-state index contributed by atoms with van der Waals surface area (Å²) in [6, 6.07) is 13.9. The molecule has 3 heterocycles. The van der Waals surface area contributed by atoms with Crippen LogP contribution in [0.4, 0.5) is 0 Å². The van der Waals surface area contributed by atoms with E-state index in [1.807, 2.05) is 24.3 Å². The van der Waals surface area contributed by atoms with Crippen molar-refractivity contribution in [3.8, 4) is 11.3 Å². The number of nitrogens with zero attached hydrogens (tertiary/aromatic N) is 2. The van der Waals surface area contributed by atoms with E-state index in [9.17, 15) is 0 Å². The Bertz CT molecular complexity index is 1710. The average Bonchev–Trinajstić information content (AvgIpc) is 3.21. The number of benzene rings is 2. The lowest BCUT2D eigenvalue weighted by Gasteiger charge is -2.20. The second-order valence-corrected chi connectivity index (χ2v) is 8.48. The predicted octanol–water partition coefficient (Wildman–Crippen LogP) is 7.40. The molecule has 3 nitrogen and oxygen atoms in total. The quantitative estimate of drug-likeness (QED) is 0.309. The van der Waals surface area contributed by atoms with E-state index >= 15 is 0 Å². The van der Waals surface area contributed by atoms with Gasteiger partial charge in [0, 0.05) is 44.6 Å². The Kier molecular flexibility index (Phi) is 2.63. The highest BCUT2D eigenvalue weighted by molar-refractivity contribution is 6.16. The summed E-state index contributed by atoms with van der Waals surface area (Å²) in [7, 11) is 0. The fourth-order valence-corrected chi connectivity index (χ4v) is 3.75. The van der Waals surface area contributed by atoms with E-state index in [1.54, 1.807) is 32.9 Å². The van der Waals surface area contributed by atoms with Gasteiger partial charge in [-0.2, -0.15) is 0 Å². The third-order valence-corrected chi connectivity index (χ3v) is 5.01. The number of pyridine rings is 2. The molecule has 3 aromatic heterocycles. The Morgan fingerprint density at radius 3 is 2.63 bits per heavy atom. The molecule has 0 unspecified atom stereocenters. The van der Waals surface area contributed by atoms with Crippen LogP contribution < -0.4 is 0 Å². The molecule has 0 amide bonds. The summed E-state index contributed by atoms with van der Waals surface area (Å²) in [5.41, 5.74) is 1.24. The molecule has 150 valence electrons. The van der Waals surface area contributed by atoms with Crippen LogP contribution in [0.25, 0.3) is 44.1 Å². The van der Waals surface area contributed by atoms with Gasteiger partial charge in [0.05, 0.1) is 5.69 Å². The number of hydrogen-bond acceptors (Lipinski definition) is 3. The number of aryl methyl sites for hydroxylation is 2.